The van der Waals surface area contributed by atoms with Crippen LogP contribution in [0.3, 0.4) is 0 Å². The fraction of sp³-hybridized carbons (Fsp3) is 0.281. The molecule has 2 aromatic heterocycles. The molecule has 2 aliphatic rings. The Kier molecular flexibility index (Phi) is 7.63. The Balaban J connectivity index is 1.38. The number of nitrogens with zero attached hydrogens (tertiary/aromatic N) is 3. The van der Waals surface area contributed by atoms with Gasteiger partial charge in [-0.25, -0.2) is 9.37 Å². The number of hydrogen-bond acceptors (Lipinski definition) is 8. The lowest BCUT2D eigenvalue weighted by Gasteiger charge is -2.31. The normalized spacial score (nSPS) is 18.7. The van der Waals surface area contributed by atoms with Crippen molar-refractivity contribution in [2.45, 2.75) is 43.1 Å². The third kappa shape index (κ3) is 5.60. The Bertz CT molecular complexity index is 1820. The summed E-state index contributed by atoms with van der Waals surface area (Å²) in [6.45, 7) is -0.259. The van der Waals surface area contributed by atoms with Crippen LogP contribution in [0.5, 0.6) is 11.5 Å². The summed E-state index contributed by atoms with van der Waals surface area (Å²) in [6, 6.07) is 9.91. The molecule has 1 fully saturated rings. The number of alkyl halides is 3. The molecule has 238 valence electrons. The molecule has 0 radical (unpaired) electrons. The molecule has 6 rings (SSSR count). The maximum atomic E-state index is 14.8. The fourth-order valence-electron chi connectivity index (χ4n) is 5.03. The van der Waals surface area contributed by atoms with Crippen LogP contribution in [0.1, 0.15) is 41.4 Å². The minimum atomic E-state index is -5.36. The Morgan fingerprint density at radius 3 is 2.50 bits per heavy atom. The van der Waals surface area contributed by atoms with Crippen molar-refractivity contribution < 1.29 is 41.7 Å². The van der Waals surface area contributed by atoms with E-state index in [2.05, 4.69) is 20.3 Å². The molecular weight excluding hydrogens is 610 g/mol. The van der Waals surface area contributed by atoms with Crippen LogP contribution in [0.15, 0.2) is 67.1 Å². The number of halogens is 4. The van der Waals surface area contributed by atoms with Crippen molar-refractivity contribution in [3.8, 4) is 34.0 Å². The second kappa shape index (κ2) is 11.4. The quantitative estimate of drug-likeness (QED) is 0.231. The zero-order valence-electron chi connectivity index (χ0n) is 24.3. The summed E-state index contributed by atoms with van der Waals surface area (Å²) in [5.41, 5.74) is 0.0789. The van der Waals surface area contributed by atoms with Gasteiger partial charge >= 0.3 is 6.18 Å². The highest BCUT2D eigenvalue weighted by Crippen LogP contribution is 2.47. The number of nitrogens with one attached hydrogen (secondary N) is 1. The Hall–Kier alpha value is -5.11. The molecule has 1 saturated carbocycles. The molecule has 14 heteroatoms. The van der Waals surface area contributed by atoms with Gasteiger partial charge in [0.05, 0.1) is 30.2 Å². The summed E-state index contributed by atoms with van der Waals surface area (Å²) in [7, 11) is 0. The molecule has 3 heterocycles. The molecule has 10 nitrogen and oxygen atoms in total. The number of primary amides is 1. The smallest absolute Gasteiger partial charge is 0.424 e. The van der Waals surface area contributed by atoms with E-state index in [-0.39, 0.29) is 40.8 Å². The van der Waals surface area contributed by atoms with Crippen molar-refractivity contribution in [2.24, 2.45) is 5.73 Å². The summed E-state index contributed by atoms with van der Waals surface area (Å²) in [5.74, 6) is -2.03. The number of fused-ring (bicyclic) bond motifs is 1. The molecule has 1 aliphatic heterocycles. The average Bonchev–Trinajstić information content (AvgIpc) is 3.79. The molecule has 2 amide bonds. The molecule has 2 atom stereocenters. The maximum absolute atomic E-state index is 14.8. The summed E-state index contributed by atoms with van der Waals surface area (Å²) in [5, 5.41) is 13.5. The lowest BCUT2D eigenvalue weighted by molar-refractivity contribution is -0.265. The molecule has 46 heavy (non-hydrogen) atoms. The number of amides is 2. The van der Waals surface area contributed by atoms with Crippen molar-refractivity contribution in [1.82, 2.24) is 20.3 Å². The lowest BCUT2D eigenvalue weighted by Crippen LogP contribution is -2.51. The van der Waals surface area contributed by atoms with Crippen LogP contribution >= 0.6 is 0 Å². The van der Waals surface area contributed by atoms with Crippen molar-refractivity contribution in [3.63, 3.8) is 0 Å². The molecule has 0 unspecified atom stereocenters. The molecule has 0 saturated heterocycles. The largest absolute Gasteiger partial charge is 0.490 e. The molecule has 0 spiro atoms. The van der Waals surface area contributed by atoms with E-state index in [4.69, 9.17) is 15.2 Å². The number of carbonyl (C=O) groups is 2. The molecule has 2 aromatic carbocycles. The summed E-state index contributed by atoms with van der Waals surface area (Å²) >= 11 is 0. The summed E-state index contributed by atoms with van der Waals surface area (Å²) in [4.78, 5) is 38.1. The maximum Gasteiger partial charge on any atom is 0.424 e. The third-order valence-corrected chi connectivity index (χ3v) is 8.03. The van der Waals surface area contributed by atoms with Gasteiger partial charge in [0.15, 0.2) is 0 Å². The first kappa shape index (κ1) is 30.9. The van der Waals surface area contributed by atoms with E-state index in [0.717, 1.165) is 31.0 Å². The zero-order valence-corrected chi connectivity index (χ0v) is 24.3. The molecule has 1 aliphatic carbocycles. The van der Waals surface area contributed by atoms with Gasteiger partial charge in [0, 0.05) is 34.6 Å². The number of aliphatic hydroxyl groups is 1. The highest BCUT2D eigenvalue weighted by atomic mass is 19.4. The third-order valence-electron chi connectivity index (χ3n) is 8.03. The molecule has 0 bridgehead atoms. The monoisotopic (exact) mass is 637 g/mol. The number of carbonyl (C=O) groups excluding carboxylic acids is 2. The van der Waals surface area contributed by atoms with E-state index >= 15 is 0 Å². The van der Waals surface area contributed by atoms with Crippen LogP contribution in [-0.4, -0.2) is 57.3 Å². The van der Waals surface area contributed by atoms with Crippen LogP contribution in [0.2, 0.25) is 0 Å². The van der Waals surface area contributed by atoms with Gasteiger partial charge in [0.25, 0.3) is 5.91 Å². The number of hydrogen-bond donors (Lipinski definition) is 3. The van der Waals surface area contributed by atoms with Gasteiger partial charge in [-0.3, -0.25) is 19.6 Å². The molecule has 4 N–H and O–H groups in total. The van der Waals surface area contributed by atoms with Crippen molar-refractivity contribution >= 4 is 11.8 Å². The van der Waals surface area contributed by atoms with Gasteiger partial charge in [0.1, 0.15) is 35.0 Å². The van der Waals surface area contributed by atoms with E-state index in [1.54, 1.807) is 0 Å². The van der Waals surface area contributed by atoms with Crippen LogP contribution in [0, 0.1) is 5.82 Å². The zero-order chi connectivity index (χ0) is 32.9. The highest BCUT2D eigenvalue weighted by molar-refractivity contribution is 5.96. The predicted molar refractivity (Wildman–Crippen MR) is 155 cm³/mol. The van der Waals surface area contributed by atoms with Gasteiger partial charge in [0.2, 0.25) is 11.5 Å². The van der Waals surface area contributed by atoms with Crippen LogP contribution in [0.4, 0.5) is 17.6 Å². The van der Waals surface area contributed by atoms with E-state index in [1.165, 1.54) is 55.8 Å². The number of pyridine rings is 1. The van der Waals surface area contributed by atoms with E-state index in [1.807, 2.05) is 0 Å². The van der Waals surface area contributed by atoms with Crippen molar-refractivity contribution in [1.29, 1.82) is 0 Å². The highest BCUT2D eigenvalue weighted by Gasteiger charge is 2.57. The van der Waals surface area contributed by atoms with E-state index in [9.17, 15) is 32.3 Å². The van der Waals surface area contributed by atoms with Crippen LogP contribution < -0.4 is 20.5 Å². The topological polar surface area (TPSA) is 150 Å². The lowest BCUT2D eigenvalue weighted by atomic mass is 9.81. The van der Waals surface area contributed by atoms with Gasteiger partial charge in [-0.05, 0) is 68.3 Å². The standard InChI is InChI=1S/C32H27F4N5O5/c1-30(29(37)43)16-45-27-22(30)13-25(41-26(27)17-2-5-19(33)6-3-17)31(44,32(34,35)36)15-40-28(42)18-4-9-24(46-20-7-8-20)21(12-18)23-14-38-10-11-39-23/h2-6,9-14,20,44H,7-8,15-16H2,1H3,(H2,37,43)(H,40,42)/t30-,31-/m0/s1. The Morgan fingerprint density at radius 1 is 1.13 bits per heavy atom. The summed E-state index contributed by atoms with van der Waals surface area (Å²) < 4.78 is 69.6. The fourth-order valence-corrected chi connectivity index (χ4v) is 5.03. The van der Waals surface area contributed by atoms with Crippen molar-refractivity contribution in [2.75, 3.05) is 13.2 Å². The van der Waals surface area contributed by atoms with Gasteiger partial charge in [-0.15, -0.1) is 0 Å². The average molecular weight is 638 g/mol. The first-order valence-corrected chi connectivity index (χ1v) is 14.2. The Morgan fingerprint density at radius 2 is 1.87 bits per heavy atom. The summed E-state index contributed by atoms with van der Waals surface area (Å²) in [6.07, 6.45) is 0.748. The van der Waals surface area contributed by atoms with Gasteiger partial charge in [-0.2, -0.15) is 13.2 Å². The van der Waals surface area contributed by atoms with Crippen molar-refractivity contribution in [3.05, 3.63) is 89.8 Å². The SMILES string of the molecule is C[C@]1(C(N)=O)COc2c1cc([C@@](O)(CNC(=O)c1ccc(OC3CC3)c(-c3cnccn3)c1)C(F)(F)F)nc2-c1ccc(F)cc1. The number of aromatic nitrogens is 3. The first-order chi connectivity index (χ1) is 21.8. The second-order valence-corrected chi connectivity index (χ2v) is 11.4. The predicted octanol–water partition coefficient (Wildman–Crippen LogP) is 4.20. The van der Waals surface area contributed by atoms with Gasteiger partial charge in [-0.1, -0.05) is 0 Å². The minimum absolute atomic E-state index is 0.0123. The first-order valence-electron chi connectivity index (χ1n) is 14.2. The molecular formula is C32H27F4N5O5. The number of ether oxygens (including phenoxy) is 2. The number of nitrogens with two attached hydrogens (primary N) is 1. The molecule has 4 aromatic rings. The second-order valence-electron chi connectivity index (χ2n) is 11.4. The Labute approximate surface area is 259 Å². The van der Waals surface area contributed by atoms with E-state index < -0.39 is 47.1 Å². The minimum Gasteiger partial charge on any atom is -0.490 e. The number of benzene rings is 2. The van der Waals surface area contributed by atoms with E-state index in [0.29, 0.717) is 17.0 Å². The number of rotatable bonds is 9. The van der Waals surface area contributed by atoms with Gasteiger partial charge < -0.3 is 25.6 Å². The van der Waals surface area contributed by atoms with Crippen LogP contribution in [-0.2, 0) is 15.8 Å². The van der Waals surface area contributed by atoms with Crippen LogP contribution in [0.25, 0.3) is 22.5 Å².